The second-order valence-electron chi connectivity index (χ2n) is 6.30. The van der Waals surface area contributed by atoms with E-state index in [4.69, 9.17) is 11.6 Å². The molecule has 1 aromatic carbocycles. The highest BCUT2D eigenvalue weighted by atomic mass is 35.5. The van der Waals surface area contributed by atoms with Gasteiger partial charge in [-0.2, -0.15) is 0 Å². The molecule has 1 rings (SSSR count). The lowest BCUT2D eigenvalue weighted by atomic mass is 10.0. The van der Waals surface area contributed by atoms with Crippen LogP contribution in [0.5, 0.6) is 0 Å². The maximum absolute atomic E-state index is 6.36. The minimum Gasteiger partial charge on any atom is -0.310 e. The average molecular weight is 311 g/mol. The molecule has 0 aliphatic rings. The molecule has 1 N–H and O–H groups in total. The maximum atomic E-state index is 6.36. The Morgan fingerprint density at radius 1 is 1.14 bits per heavy atom. The van der Waals surface area contributed by atoms with Crippen LogP contribution < -0.4 is 5.32 Å². The van der Waals surface area contributed by atoms with E-state index in [9.17, 15) is 0 Å². The molecule has 0 radical (unpaired) electrons. The zero-order valence-corrected chi connectivity index (χ0v) is 14.8. The van der Waals surface area contributed by atoms with Gasteiger partial charge in [-0.05, 0) is 63.5 Å². The van der Waals surface area contributed by atoms with Crippen LogP contribution in [0.2, 0.25) is 5.02 Å². The van der Waals surface area contributed by atoms with E-state index in [2.05, 4.69) is 50.2 Å². The van der Waals surface area contributed by atoms with Gasteiger partial charge in [-0.1, -0.05) is 50.6 Å². The van der Waals surface area contributed by atoms with Crippen LogP contribution in [0.25, 0.3) is 0 Å². The molecule has 0 bridgehead atoms. The van der Waals surface area contributed by atoms with Crippen molar-refractivity contribution in [2.75, 3.05) is 26.7 Å². The van der Waals surface area contributed by atoms with Crippen molar-refractivity contribution in [3.63, 3.8) is 0 Å². The number of hydrogen-bond donors (Lipinski definition) is 1. The number of nitrogens with one attached hydrogen (secondary N) is 1. The lowest BCUT2D eigenvalue weighted by Gasteiger charge is -2.24. The topological polar surface area (TPSA) is 15.3 Å². The van der Waals surface area contributed by atoms with Gasteiger partial charge >= 0.3 is 0 Å². The van der Waals surface area contributed by atoms with E-state index in [1.165, 1.54) is 18.5 Å². The summed E-state index contributed by atoms with van der Waals surface area (Å²) in [4.78, 5) is 2.43. The summed E-state index contributed by atoms with van der Waals surface area (Å²) in [7, 11) is 2.21. The van der Waals surface area contributed by atoms with Gasteiger partial charge < -0.3 is 10.2 Å². The molecule has 1 aromatic rings. The summed E-state index contributed by atoms with van der Waals surface area (Å²) in [5.41, 5.74) is 1.23. The van der Waals surface area contributed by atoms with Crippen LogP contribution in [0, 0.1) is 5.92 Å². The van der Waals surface area contributed by atoms with Crippen LogP contribution in [-0.4, -0.2) is 31.6 Å². The Labute approximate surface area is 135 Å². The van der Waals surface area contributed by atoms with E-state index in [0.29, 0.717) is 6.04 Å². The molecular weight excluding hydrogens is 280 g/mol. The Morgan fingerprint density at radius 2 is 1.81 bits per heavy atom. The molecule has 0 aromatic heterocycles. The second-order valence-corrected chi connectivity index (χ2v) is 6.71. The van der Waals surface area contributed by atoms with Crippen molar-refractivity contribution in [3.8, 4) is 0 Å². The number of nitrogens with zero attached hydrogens (tertiary/aromatic N) is 1. The Kier molecular flexibility index (Phi) is 8.98. The van der Waals surface area contributed by atoms with Crippen molar-refractivity contribution < 1.29 is 0 Å². The predicted octanol–water partition coefficient (Wildman–Crippen LogP) is 4.75. The van der Waals surface area contributed by atoms with Crippen molar-refractivity contribution in [1.29, 1.82) is 0 Å². The summed E-state index contributed by atoms with van der Waals surface area (Å²) < 4.78 is 0. The molecule has 0 saturated carbocycles. The smallest absolute Gasteiger partial charge is 0.0453 e. The van der Waals surface area contributed by atoms with Crippen molar-refractivity contribution in [2.24, 2.45) is 5.92 Å². The van der Waals surface area contributed by atoms with Crippen molar-refractivity contribution in [1.82, 2.24) is 10.2 Å². The van der Waals surface area contributed by atoms with Gasteiger partial charge in [0.2, 0.25) is 0 Å². The molecule has 3 heteroatoms. The van der Waals surface area contributed by atoms with Crippen LogP contribution in [0.15, 0.2) is 24.3 Å². The monoisotopic (exact) mass is 310 g/mol. The van der Waals surface area contributed by atoms with E-state index in [-0.39, 0.29) is 0 Å². The van der Waals surface area contributed by atoms with Crippen LogP contribution >= 0.6 is 11.6 Å². The van der Waals surface area contributed by atoms with Gasteiger partial charge in [0, 0.05) is 11.1 Å². The minimum absolute atomic E-state index is 0.347. The maximum Gasteiger partial charge on any atom is 0.0453 e. The van der Waals surface area contributed by atoms with Crippen LogP contribution in [0.3, 0.4) is 0 Å². The zero-order chi connectivity index (χ0) is 15.7. The lowest BCUT2D eigenvalue weighted by molar-refractivity contribution is 0.289. The van der Waals surface area contributed by atoms with Crippen molar-refractivity contribution in [3.05, 3.63) is 34.9 Å². The predicted molar refractivity (Wildman–Crippen MR) is 94.1 cm³/mol. The first kappa shape index (κ1) is 18.5. The molecule has 0 aliphatic heterocycles. The van der Waals surface area contributed by atoms with Crippen LogP contribution in [-0.2, 0) is 0 Å². The SMILES string of the molecule is CCCNC(CCN(C)CCC(C)C)c1ccccc1Cl. The van der Waals surface area contributed by atoms with E-state index < -0.39 is 0 Å². The standard InChI is InChI=1S/C18H31ClN2/c1-5-12-20-18(16-8-6-7-9-17(16)19)11-14-21(4)13-10-15(2)3/h6-9,15,18,20H,5,10-14H2,1-4H3. The molecule has 21 heavy (non-hydrogen) atoms. The Morgan fingerprint density at radius 3 is 2.43 bits per heavy atom. The summed E-state index contributed by atoms with van der Waals surface area (Å²) in [6.45, 7) is 10.1. The first-order valence-electron chi connectivity index (χ1n) is 8.21. The van der Waals surface area contributed by atoms with Crippen molar-refractivity contribution in [2.45, 2.75) is 46.1 Å². The molecule has 1 atom stereocenters. The third-order valence-electron chi connectivity index (χ3n) is 3.81. The van der Waals surface area contributed by atoms with Gasteiger partial charge in [-0.15, -0.1) is 0 Å². The summed E-state index contributed by atoms with van der Waals surface area (Å²) in [5, 5.41) is 4.51. The molecular formula is C18H31ClN2. The molecule has 120 valence electrons. The first-order valence-corrected chi connectivity index (χ1v) is 8.58. The molecule has 0 amide bonds. The molecule has 1 unspecified atom stereocenters. The van der Waals surface area contributed by atoms with Gasteiger partial charge in [0.15, 0.2) is 0 Å². The fourth-order valence-corrected chi connectivity index (χ4v) is 2.65. The Balaban J connectivity index is 2.56. The highest BCUT2D eigenvalue weighted by Gasteiger charge is 2.14. The number of benzene rings is 1. The quantitative estimate of drug-likeness (QED) is 0.671. The third kappa shape index (κ3) is 7.30. The summed E-state index contributed by atoms with van der Waals surface area (Å²) >= 11 is 6.36. The number of hydrogen-bond acceptors (Lipinski definition) is 2. The average Bonchev–Trinajstić information content (AvgIpc) is 2.46. The minimum atomic E-state index is 0.347. The normalized spacial score (nSPS) is 13.1. The lowest BCUT2D eigenvalue weighted by Crippen LogP contribution is -2.29. The van der Waals surface area contributed by atoms with Gasteiger partial charge in [0.05, 0.1) is 0 Å². The van der Waals surface area contributed by atoms with E-state index in [1.807, 2.05) is 12.1 Å². The number of rotatable bonds is 10. The Hall–Kier alpha value is -0.570. The largest absolute Gasteiger partial charge is 0.310 e. The zero-order valence-electron chi connectivity index (χ0n) is 14.0. The van der Waals surface area contributed by atoms with Crippen LogP contribution in [0.1, 0.15) is 51.6 Å². The number of halogens is 1. The molecule has 0 saturated heterocycles. The van der Waals surface area contributed by atoms with Crippen LogP contribution in [0.4, 0.5) is 0 Å². The van der Waals surface area contributed by atoms with E-state index in [0.717, 1.165) is 36.9 Å². The van der Waals surface area contributed by atoms with Gasteiger partial charge in [0.1, 0.15) is 0 Å². The fraction of sp³-hybridized carbons (Fsp3) is 0.667. The van der Waals surface area contributed by atoms with Gasteiger partial charge in [-0.3, -0.25) is 0 Å². The fourth-order valence-electron chi connectivity index (χ4n) is 2.38. The highest BCUT2D eigenvalue weighted by Crippen LogP contribution is 2.25. The molecule has 0 heterocycles. The highest BCUT2D eigenvalue weighted by molar-refractivity contribution is 6.31. The second kappa shape index (κ2) is 10.2. The summed E-state index contributed by atoms with van der Waals surface area (Å²) in [6, 6.07) is 8.55. The van der Waals surface area contributed by atoms with Gasteiger partial charge in [0.25, 0.3) is 0 Å². The molecule has 2 nitrogen and oxygen atoms in total. The summed E-state index contributed by atoms with van der Waals surface area (Å²) in [6.07, 6.45) is 3.50. The third-order valence-corrected chi connectivity index (χ3v) is 4.15. The molecule has 0 spiro atoms. The van der Waals surface area contributed by atoms with Gasteiger partial charge in [-0.25, -0.2) is 0 Å². The summed E-state index contributed by atoms with van der Waals surface area (Å²) in [5.74, 6) is 0.769. The first-order chi connectivity index (χ1) is 10.0. The molecule has 0 fully saturated rings. The van der Waals surface area contributed by atoms with Crippen molar-refractivity contribution >= 4 is 11.6 Å². The molecule has 0 aliphatic carbocycles. The Bertz CT molecular complexity index is 393. The van der Waals surface area contributed by atoms with E-state index >= 15 is 0 Å². The van der Waals surface area contributed by atoms with E-state index in [1.54, 1.807) is 0 Å².